The number of hydrogen-bond acceptors (Lipinski definition) is 3. The van der Waals surface area contributed by atoms with Crippen molar-refractivity contribution in [2.45, 2.75) is 49.1 Å². The summed E-state index contributed by atoms with van der Waals surface area (Å²) in [6, 6.07) is 9.23. The van der Waals surface area contributed by atoms with Crippen LogP contribution >= 0.6 is 23.2 Å². The Morgan fingerprint density at radius 1 is 1.12 bits per heavy atom. The van der Waals surface area contributed by atoms with Gasteiger partial charge < -0.3 is 5.32 Å². The molecular formula is C25H21Cl2F3N2O2. The molecule has 34 heavy (non-hydrogen) atoms. The van der Waals surface area contributed by atoms with Crippen LogP contribution in [0.25, 0.3) is 0 Å². The molecule has 2 aliphatic carbocycles. The first kappa shape index (κ1) is 22.4. The zero-order chi connectivity index (χ0) is 24.0. The first-order chi connectivity index (χ1) is 16.1. The number of Topliss-reactive ketones (excluding diaryl/α,β-unsaturated/α-hetero) is 1. The molecule has 2 saturated carbocycles. The summed E-state index contributed by atoms with van der Waals surface area (Å²) >= 11 is 12.3. The number of alkyl halides is 2. The topological polar surface area (TPSA) is 49.4 Å². The fourth-order valence-corrected chi connectivity index (χ4v) is 7.20. The lowest BCUT2D eigenvalue weighted by molar-refractivity contribution is -0.136. The van der Waals surface area contributed by atoms with E-state index in [9.17, 15) is 18.4 Å². The van der Waals surface area contributed by atoms with Gasteiger partial charge in [0, 0.05) is 60.0 Å². The summed E-state index contributed by atoms with van der Waals surface area (Å²) in [4.78, 5) is 29.0. The number of halogens is 5. The molecule has 0 unspecified atom stereocenters. The maximum atomic E-state index is 15.5. The third-order valence-electron chi connectivity index (χ3n) is 8.07. The number of amides is 1. The average Bonchev–Trinajstić information content (AvgIpc) is 3.35. The Morgan fingerprint density at radius 2 is 1.88 bits per heavy atom. The molecule has 1 spiro atoms. The van der Waals surface area contributed by atoms with Crippen LogP contribution in [-0.4, -0.2) is 35.1 Å². The maximum absolute atomic E-state index is 15.5. The van der Waals surface area contributed by atoms with Crippen LogP contribution in [0.5, 0.6) is 0 Å². The first-order valence-corrected chi connectivity index (χ1v) is 12.1. The van der Waals surface area contributed by atoms with E-state index in [1.54, 1.807) is 30.3 Å². The molecule has 0 radical (unpaired) electrons. The molecule has 178 valence electrons. The molecule has 0 aromatic heterocycles. The molecule has 1 N–H and O–H groups in total. The molecule has 2 aliphatic heterocycles. The standard InChI is InChI=1S/C25H21Cl2F3N2O2/c26-13-4-5-15-17(8-13)31-23(34)25(15)21(14-2-1-3-16(27)22(14)28)20-18(6-7-19(20)33)32(25)11-12-9-24(29,30)10-12/h1-5,8,12,18,20-21H,6-7,9-11H2,(H,31,34)/t18-,20-,21-,25+/m0/s1. The van der Waals surface area contributed by atoms with E-state index < -0.39 is 35.0 Å². The van der Waals surface area contributed by atoms with E-state index in [1.165, 1.54) is 6.07 Å². The van der Waals surface area contributed by atoms with Crippen LogP contribution in [0.3, 0.4) is 0 Å². The number of nitrogens with zero attached hydrogens (tertiary/aromatic N) is 1. The fraction of sp³-hybridized carbons (Fsp3) is 0.440. The minimum atomic E-state index is -2.72. The molecule has 4 nitrogen and oxygen atoms in total. The van der Waals surface area contributed by atoms with E-state index in [0.29, 0.717) is 29.1 Å². The Balaban J connectivity index is 1.58. The van der Waals surface area contributed by atoms with Crippen LogP contribution in [0.2, 0.25) is 10.0 Å². The van der Waals surface area contributed by atoms with Gasteiger partial charge in [0.2, 0.25) is 11.8 Å². The number of likely N-dealkylation sites (tertiary alicyclic amines) is 1. The molecule has 3 fully saturated rings. The minimum Gasteiger partial charge on any atom is -0.324 e. The molecule has 4 aliphatic rings. The zero-order valence-electron chi connectivity index (χ0n) is 18.0. The maximum Gasteiger partial charge on any atom is 0.250 e. The van der Waals surface area contributed by atoms with Gasteiger partial charge in [-0.15, -0.1) is 0 Å². The number of hydrogen-bond donors (Lipinski definition) is 1. The van der Waals surface area contributed by atoms with E-state index in [1.807, 2.05) is 4.90 Å². The van der Waals surface area contributed by atoms with Crippen molar-refractivity contribution >= 4 is 40.6 Å². The molecule has 2 aromatic rings. The van der Waals surface area contributed by atoms with Crippen LogP contribution in [0.1, 0.15) is 42.7 Å². The third kappa shape index (κ3) is 2.96. The van der Waals surface area contributed by atoms with Crippen LogP contribution in [0, 0.1) is 17.7 Å². The number of ketones is 1. The quantitative estimate of drug-likeness (QED) is 0.572. The Morgan fingerprint density at radius 3 is 2.62 bits per heavy atom. The molecule has 2 heterocycles. The predicted octanol–water partition coefficient (Wildman–Crippen LogP) is 5.77. The second-order valence-electron chi connectivity index (χ2n) is 9.91. The second-order valence-corrected chi connectivity index (χ2v) is 10.8. The number of carbonyl (C=O) groups excluding carboxylic acids is 2. The summed E-state index contributed by atoms with van der Waals surface area (Å²) in [5.41, 5.74) is -0.167. The van der Waals surface area contributed by atoms with Crippen LogP contribution in [0.4, 0.5) is 18.9 Å². The Labute approximate surface area is 204 Å². The fourth-order valence-electron chi connectivity index (χ4n) is 6.85. The summed E-state index contributed by atoms with van der Waals surface area (Å²) in [6.45, 7) is 0.220. The molecular weight excluding hydrogens is 488 g/mol. The van der Waals surface area contributed by atoms with E-state index in [4.69, 9.17) is 23.2 Å². The number of benzene rings is 2. The second kappa shape index (κ2) is 7.45. The normalized spacial score (nSPS) is 32.1. The summed E-state index contributed by atoms with van der Waals surface area (Å²) in [5.74, 6) is -5.66. The van der Waals surface area contributed by atoms with Crippen LogP contribution < -0.4 is 5.32 Å². The smallest absolute Gasteiger partial charge is 0.250 e. The SMILES string of the molecule is O=C1CC[C@H]2[C@@H]1[C@H](c1cccc(Cl)c1F)[C@]1(C(=O)Nc3cc(Cl)ccc31)N2CC1CC(F)(F)C1. The van der Waals surface area contributed by atoms with Crippen molar-refractivity contribution in [1.29, 1.82) is 0 Å². The van der Waals surface area contributed by atoms with Gasteiger partial charge in [-0.25, -0.2) is 13.2 Å². The number of rotatable bonds is 3. The molecule has 6 rings (SSSR count). The minimum absolute atomic E-state index is 0.0506. The highest BCUT2D eigenvalue weighted by molar-refractivity contribution is 6.31. The molecule has 1 saturated heterocycles. The molecule has 9 heteroatoms. The van der Waals surface area contributed by atoms with Gasteiger partial charge in [0.15, 0.2) is 0 Å². The summed E-state index contributed by atoms with van der Waals surface area (Å²) in [5, 5.41) is 3.21. The summed E-state index contributed by atoms with van der Waals surface area (Å²) in [7, 11) is 0. The van der Waals surface area contributed by atoms with Gasteiger partial charge in [0.1, 0.15) is 17.1 Å². The van der Waals surface area contributed by atoms with Gasteiger partial charge in [-0.05, 0) is 36.1 Å². The molecule has 2 aromatic carbocycles. The summed E-state index contributed by atoms with van der Waals surface area (Å²) in [6.07, 6.45) is 0.256. The van der Waals surface area contributed by atoms with Gasteiger partial charge in [0.05, 0.1) is 5.02 Å². The van der Waals surface area contributed by atoms with Crippen molar-refractivity contribution < 1.29 is 22.8 Å². The lowest BCUT2D eigenvalue weighted by Gasteiger charge is -2.45. The lowest BCUT2D eigenvalue weighted by atomic mass is 9.70. The monoisotopic (exact) mass is 508 g/mol. The van der Waals surface area contributed by atoms with Gasteiger partial charge in [-0.3, -0.25) is 14.5 Å². The first-order valence-electron chi connectivity index (χ1n) is 11.4. The number of nitrogens with one attached hydrogen (secondary N) is 1. The Bertz CT molecular complexity index is 1230. The van der Waals surface area contributed by atoms with Crippen LogP contribution in [0.15, 0.2) is 36.4 Å². The van der Waals surface area contributed by atoms with Crippen LogP contribution in [-0.2, 0) is 15.1 Å². The van der Waals surface area contributed by atoms with E-state index in [2.05, 4.69) is 5.32 Å². The predicted molar refractivity (Wildman–Crippen MR) is 122 cm³/mol. The highest BCUT2D eigenvalue weighted by Gasteiger charge is 2.70. The van der Waals surface area contributed by atoms with Crippen molar-refractivity contribution in [3.8, 4) is 0 Å². The molecule has 4 atom stereocenters. The van der Waals surface area contributed by atoms with Gasteiger partial charge in [0.25, 0.3) is 0 Å². The highest BCUT2D eigenvalue weighted by Crippen LogP contribution is 2.63. The number of fused-ring (bicyclic) bond motifs is 3. The van der Waals surface area contributed by atoms with E-state index in [-0.39, 0.29) is 47.7 Å². The van der Waals surface area contributed by atoms with E-state index >= 15 is 4.39 Å². The molecule has 0 bridgehead atoms. The Hall–Kier alpha value is -2.09. The van der Waals surface area contributed by atoms with Crippen molar-refractivity contribution in [1.82, 2.24) is 4.90 Å². The van der Waals surface area contributed by atoms with Crippen molar-refractivity contribution in [2.24, 2.45) is 11.8 Å². The van der Waals surface area contributed by atoms with Gasteiger partial charge >= 0.3 is 0 Å². The van der Waals surface area contributed by atoms with Gasteiger partial charge in [-0.2, -0.15) is 0 Å². The number of carbonyl (C=O) groups is 2. The summed E-state index contributed by atoms with van der Waals surface area (Å²) < 4.78 is 43.0. The van der Waals surface area contributed by atoms with Crippen molar-refractivity contribution in [2.75, 3.05) is 11.9 Å². The average molecular weight is 509 g/mol. The largest absolute Gasteiger partial charge is 0.324 e. The Kier molecular flexibility index (Phi) is 4.91. The highest BCUT2D eigenvalue weighted by atomic mass is 35.5. The zero-order valence-corrected chi connectivity index (χ0v) is 19.5. The van der Waals surface area contributed by atoms with E-state index in [0.717, 1.165) is 0 Å². The number of anilines is 1. The lowest BCUT2D eigenvalue weighted by Crippen LogP contribution is -2.55. The third-order valence-corrected chi connectivity index (χ3v) is 8.60. The van der Waals surface area contributed by atoms with Crippen molar-refractivity contribution in [3.63, 3.8) is 0 Å². The molecule has 1 amide bonds. The van der Waals surface area contributed by atoms with Gasteiger partial charge in [-0.1, -0.05) is 41.4 Å². The van der Waals surface area contributed by atoms with Crippen molar-refractivity contribution in [3.05, 3.63) is 63.4 Å².